The molecule has 3 rings (SSSR count). The van der Waals surface area contributed by atoms with Gasteiger partial charge in [0.15, 0.2) is 5.82 Å². The van der Waals surface area contributed by atoms with E-state index in [-0.39, 0.29) is 11.8 Å². The quantitative estimate of drug-likeness (QED) is 0.861. The first-order chi connectivity index (χ1) is 12.4. The molecule has 7 nitrogen and oxygen atoms in total. The molecule has 0 radical (unpaired) electrons. The van der Waals surface area contributed by atoms with Gasteiger partial charge in [-0.25, -0.2) is 23.1 Å². The summed E-state index contributed by atoms with van der Waals surface area (Å²) in [5, 5.41) is 0. The maximum absolute atomic E-state index is 11.8. The van der Waals surface area contributed by atoms with Gasteiger partial charge in [-0.1, -0.05) is 0 Å². The summed E-state index contributed by atoms with van der Waals surface area (Å²) in [6.07, 6.45) is 5.03. The topological polar surface area (TPSA) is 88.1 Å². The minimum absolute atomic E-state index is 0.00256. The number of hydrogen-bond donors (Lipinski definition) is 1. The Morgan fingerprint density at radius 3 is 2.58 bits per heavy atom. The second-order valence-electron chi connectivity index (χ2n) is 6.61. The Balaban J connectivity index is 1.79. The molecule has 0 saturated carbocycles. The van der Waals surface area contributed by atoms with Crippen molar-refractivity contribution in [3.8, 4) is 11.4 Å². The minimum atomic E-state index is -3.16. The van der Waals surface area contributed by atoms with Crippen LogP contribution in [0.15, 0.2) is 24.5 Å². The van der Waals surface area contributed by atoms with Crippen LogP contribution in [-0.4, -0.2) is 48.3 Å². The third-order valence-electron chi connectivity index (χ3n) is 4.80. The Morgan fingerprint density at radius 1 is 1.23 bits per heavy atom. The maximum atomic E-state index is 11.8. The molecule has 0 unspecified atom stereocenters. The van der Waals surface area contributed by atoms with Crippen LogP contribution >= 0.6 is 0 Å². The summed E-state index contributed by atoms with van der Waals surface area (Å²) in [7, 11) is -3.16. The van der Waals surface area contributed by atoms with E-state index in [4.69, 9.17) is 4.98 Å². The number of aryl methyl sites for hydroxylation is 1. The standard InChI is InChI=1S/C18H25N5O2S/c1-4-26(24,25)22-16-7-10-23(11-8-16)18-13(2)14(3)20-17(21-18)15-6-5-9-19-12-15/h5-6,9,12,16,22H,4,7-8,10-11H2,1-3H3. The molecular formula is C18H25N5O2S. The van der Waals surface area contributed by atoms with E-state index in [1.54, 1.807) is 19.3 Å². The molecule has 2 aromatic rings. The van der Waals surface area contributed by atoms with Crippen molar-refractivity contribution in [1.82, 2.24) is 19.7 Å². The zero-order chi connectivity index (χ0) is 18.7. The molecule has 26 heavy (non-hydrogen) atoms. The van der Waals surface area contributed by atoms with Gasteiger partial charge in [0, 0.05) is 48.3 Å². The first-order valence-corrected chi connectivity index (χ1v) is 10.6. The molecule has 3 heterocycles. The van der Waals surface area contributed by atoms with E-state index in [2.05, 4.69) is 19.6 Å². The van der Waals surface area contributed by atoms with Crippen LogP contribution in [0.2, 0.25) is 0 Å². The molecule has 0 amide bonds. The lowest BCUT2D eigenvalue weighted by molar-refractivity contribution is 0.458. The van der Waals surface area contributed by atoms with Gasteiger partial charge >= 0.3 is 0 Å². The van der Waals surface area contributed by atoms with E-state index < -0.39 is 10.0 Å². The highest BCUT2D eigenvalue weighted by molar-refractivity contribution is 7.89. The normalized spacial score (nSPS) is 16.0. The molecule has 1 aliphatic rings. The largest absolute Gasteiger partial charge is 0.356 e. The molecule has 0 aliphatic carbocycles. The molecule has 0 bridgehead atoms. The fourth-order valence-electron chi connectivity index (χ4n) is 3.09. The highest BCUT2D eigenvalue weighted by Gasteiger charge is 2.25. The number of hydrogen-bond acceptors (Lipinski definition) is 6. The number of rotatable bonds is 5. The molecular weight excluding hydrogens is 350 g/mol. The molecule has 1 aliphatic heterocycles. The van der Waals surface area contributed by atoms with Gasteiger partial charge in [-0.3, -0.25) is 4.98 Å². The SMILES string of the molecule is CCS(=O)(=O)NC1CCN(c2nc(-c3cccnc3)nc(C)c2C)CC1. The van der Waals surface area contributed by atoms with E-state index in [1.165, 1.54) is 0 Å². The third-order valence-corrected chi connectivity index (χ3v) is 6.26. The van der Waals surface area contributed by atoms with Gasteiger partial charge < -0.3 is 4.90 Å². The molecule has 1 fully saturated rings. The van der Waals surface area contributed by atoms with Crippen molar-refractivity contribution in [2.24, 2.45) is 0 Å². The smallest absolute Gasteiger partial charge is 0.211 e. The van der Waals surface area contributed by atoms with Gasteiger partial charge in [0.1, 0.15) is 5.82 Å². The summed E-state index contributed by atoms with van der Waals surface area (Å²) < 4.78 is 26.3. The summed E-state index contributed by atoms with van der Waals surface area (Å²) in [5.74, 6) is 1.71. The molecule has 0 atom stereocenters. The number of sulfonamides is 1. The van der Waals surface area contributed by atoms with E-state index in [0.29, 0.717) is 5.82 Å². The van der Waals surface area contributed by atoms with Crippen molar-refractivity contribution in [2.75, 3.05) is 23.7 Å². The van der Waals surface area contributed by atoms with Crippen molar-refractivity contribution >= 4 is 15.8 Å². The average Bonchev–Trinajstić information content (AvgIpc) is 2.65. The zero-order valence-corrected chi connectivity index (χ0v) is 16.3. The van der Waals surface area contributed by atoms with Crippen LogP contribution in [-0.2, 0) is 10.0 Å². The zero-order valence-electron chi connectivity index (χ0n) is 15.4. The van der Waals surface area contributed by atoms with Crippen molar-refractivity contribution in [1.29, 1.82) is 0 Å². The predicted octanol–water partition coefficient (Wildman–Crippen LogP) is 2.06. The Bertz CT molecular complexity index is 863. The molecule has 1 N–H and O–H groups in total. The Morgan fingerprint density at radius 2 is 1.96 bits per heavy atom. The first-order valence-electron chi connectivity index (χ1n) is 8.90. The number of nitrogens with zero attached hydrogens (tertiary/aromatic N) is 4. The summed E-state index contributed by atoms with van der Waals surface area (Å²) in [6, 6.07) is 3.82. The van der Waals surface area contributed by atoms with E-state index >= 15 is 0 Å². The lowest BCUT2D eigenvalue weighted by Gasteiger charge is -2.34. The van der Waals surface area contributed by atoms with Crippen LogP contribution < -0.4 is 9.62 Å². The Hall–Kier alpha value is -2.06. The van der Waals surface area contributed by atoms with Crippen LogP contribution in [0, 0.1) is 13.8 Å². The van der Waals surface area contributed by atoms with E-state index in [1.807, 2.05) is 26.0 Å². The lowest BCUT2D eigenvalue weighted by Crippen LogP contribution is -2.45. The number of pyridine rings is 1. The number of anilines is 1. The third kappa shape index (κ3) is 4.19. The molecule has 0 spiro atoms. The van der Waals surface area contributed by atoms with Crippen LogP contribution in [0.1, 0.15) is 31.0 Å². The molecule has 1 saturated heterocycles. The van der Waals surface area contributed by atoms with Crippen LogP contribution in [0.5, 0.6) is 0 Å². The van der Waals surface area contributed by atoms with Crippen LogP contribution in [0.3, 0.4) is 0 Å². The number of nitrogens with one attached hydrogen (secondary N) is 1. The maximum Gasteiger partial charge on any atom is 0.211 e. The molecule has 0 aromatic carbocycles. The van der Waals surface area contributed by atoms with Crippen molar-refractivity contribution in [2.45, 2.75) is 39.7 Å². The Labute approximate surface area is 154 Å². The minimum Gasteiger partial charge on any atom is -0.356 e. The Kier molecular flexibility index (Phi) is 5.52. The molecule has 8 heteroatoms. The van der Waals surface area contributed by atoms with Crippen molar-refractivity contribution in [3.63, 3.8) is 0 Å². The van der Waals surface area contributed by atoms with Crippen LogP contribution in [0.4, 0.5) is 5.82 Å². The van der Waals surface area contributed by atoms with E-state index in [0.717, 1.165) is 48.6 Å². The van der Waals surface area contributed by atoms with Gasteiger partial charge in [0.05, 0.1) is 5.75 Å². The fraction of sp³-hybridized carbons (Fsp3) is 0.500. The number of piperidine rings is 1. The summed E-state index contributed by atoms with van der Waals surface area (Å²) in [4.78, 5) is 15.8. The van der Waals surface area contributed by atoms with Gasteiger partial charge in [-0.15, -0.1) is 0 Å². The lowest BCUT2D eigenvalue weighted by atomic mass is 10.1. The monoisotopic (exact) mass is 375 g/mol. The van der Waals surface area contributed by atoms with Gasteiger partial charge in [0.25, 0.3) is 0 Å². The van der Waals surface area contributed by atoms with Crippen molar-refractivity contribution in [3.05, 3.63) is 35.8 Å². The second-order valence-corrected chi connectivity index (χ2v) is 8.65. The predicted molar refractivity (Wildman–Crippen MR) is 103 cm³/mol. The molecule has 2 aromatic heterocycles. The highest BCUT2D eigenvalue weighted by atomic mass is 32.2. The van der Waals surface area contributed by atoms with Gasteiger partial charge in [0.2, 0.25) is 10.0 Å². The average molecular weight is 375 g/mol. The summed E-state index contributed by atoms with van der Waals surface area (Å²) in [5.41, 5.74) is 2.90. The number of aromatic nitrogens is 3. The second kappa shape index (κ2) is 7.67. The van der Waals surface area contributed by atoms with Crippen LogP contribution in [0.25, 0.3) is 11.4 Å². The highest BCUT2D eigenvalue weighted by Crippen LogP contribution is 2.26. The van der Waals surface area contributed by atoms with Crippen molar-refractivity contribution < 1.29 is 8.42 Å². The van der Waals surface area contributed by atoms with E-state index in [9.17, 15) is 8.42 Å². The van der Waals surface area contributed by atoms with Gasteiger partial charge in [-0.2, -0.15) is 0 Å². The molecule has 140 valence electrons. The first kappa shape index (κ1) is 18.7. The summed E-state index contributed by atoms with van der Waals surface area (Å²) in [6.45, 7) is 7.21. The van der Waals surface area contributed by atoms with Gasteiger partial charge in [-0.05, 0) is 45.7 Å². The summed E-state index contributed by atoms with van der Waals surface area (Å²) >= 11 is 0. The fourth-order valence-corrected chi connectivity index (χ4v) is 4.00.